The number of carbonyl (C=O) groups excluding carboxylic acids is 1. The molecule has 6 aromatic rings. The Hall–Kier alpha value is -4.90. The summed E-state index contributed by atoms with van der Waals surface area (Å²) >= 11 is 0. The van der Waals surface area contributed by atoms with Crippen LogP contribution < -0.4 is 0 Å². The normalized spacial score (nSPS) is 15.7. The Labute approximate surface area is 304 Å². The van der Waals surface area contributed by atoms with Crippen molar-refractivity contribution in [2.75, 3.05) is 6.61 Å². The van der Waals surface area contributed by atoms with Crippen LogP contribution in [0.5, 0.6) is 0 Å². The van der Waals surface area contributed by atoms with E-state index in [1.54, 1.807) is 0 Å². The van der Waals surface area contributed by atoms with Crippen molar-refractivity contribution < 1.29 is 22.7 Å². The molecule has 0 radical (unpaired) electrons. The molecule has 0 fully saturated rings. The zero-order chi connectivity index (χ0) is 37.0. The number of hydrogen-bond donors (Lipinski definition) is 0. The van der Waals surface area contributed by atoms with E-state index in [2.05, 4.69) is 120 Å². The van der Waals surface area contributed by atoms with Gasteiger partial charge in [0.15, 0.2) is 0 Å². The van der Waals surface area contributed by atoms with Crippen molar-refractivity contribution in [3.8, 4) is 22.3 Å². The molecule has 1 unspecified atom stereocenters. The Morgan fingerprint density at radius 1 is 0.769 bits per heavy atom. The number of unbranched alkanes of at least 4 members (excludes halogenated alkanes) is 1. The first-order chi connectivity index (χ1) is 24.7. The Bertz CT molecular complexity index is 2340. The zero-order valence-corrected chi connectivity index (χ0v) is 30.5. The van der Waals surface area contributed by atoms with Gasteiger partial charge in [-0.3, -0.25) is 0 Å². The van der Waals surface area contributed by atoms with Gasteiger partial charge in [-0.2, -0.15) is 13.2 Å². The molecular weight excluding hydrogens is 654 g/mol. The topological polar surface area (TPSA) is 26.3 Å². The second kappa shape index (κ2) is 13.3. The maximum atomic E-state index is 13.1. The fourth-order valence-corrected chi connectivity index (χ4v) is 8.44. The van der Waals surface area contributed by atoms with Gasteiger partial charge in [-0.1, -0.05) is 118 Å². The van der Waals surface area contributed by atoms with Crippen molar-refractivity contribution in [1.29, 1.82) is 0 Å². The molecule has 1 atom stereocenters. The molecule has 0 N–H and O–H groups in total. The van der Waals surface area contributed by atoms with E-state index in [1.807, 2.05) is 6.07 Å². The monoisotopic (exact) mass is 698 g/mol. The van der Waals surface area contributed by atoms with E-state index < -0.39 is 24.0 Å². The van der Waals surface area contributed by atoms with Gasteiger partial charge in [0.1, 0.15) is 0 Å². The van der Waals surface area contributed by atoms with Gasteiger partial charge in [0.2, 0.25) is 0 Å². The number of esters is 1. The molecule has 0 aromatic heterocycles. The second-order valence-electron chi connectivity index (χ2n) is 15.6. The van der Waals surface area contributed by atoms with Crippen LogP contribution in [-0.2, 0) is 26.8 Å². The zero-order valence-electron chi connectivity index (χ0n) is 30.5. The van der Waals surface area contributed by atoms with E-state index >= 15 is 0 Å². The van der Waals surface area contributed by atoms with E-state index in [4.69, 9.17) is 4.74 Å². The lowest BCUT2D eigenvalue weighted by atomic mass is 9.69. The summed E-state index contributed by atoms with van der Waals surface area (Å²) in [5.74, 6) is -0.442. The molecule has 0 spiro atoms. The maximum absolute atomic E-state index is 13.1. The number of aryl methyl sites for hydroxylation is 1. The third-order valence-electron chi connectivity index (χ3n) is 11.1. The van der Waals surface area contributed by atoms with Crippen molar-refractivity contribution in [2.24, 2.45) is 0 Å². The van der Waals surface area contributed by atoms with Crippen molar-refractivity contribution in [3.05, 3.63) is 132 Å². The van der Waals surface area contributed by atoms with E-state index in [0.29, 0.717) is 12.8 Å². The predicted molar refractivity (Wildman–Crippen MR) is 209 cm³/mol. The molecule has 52 heavy (non-hydrogen) atoms. The first kappa shape index (κ1) is 35.5. The summed E-state index contributed by atoms with van der Waals surface area (Å²) in [4.78, 5) is 11.7. The number of rotatable bonds is 11. The second-order valence-corrected chi connectivity index (χ2v) is 15.6. The molecule has 6 aromatic carbocycles. The third-order valence-corrected chi connectivity index (χ3v) is 11.1. The maximum Gasteiger partial charge on any atom is 0.389 e. The van der Waals surface area contributed by atoms with Crippen LogP contribution >= 0.6 is 0 Å². The highest BCUT2D eigenvalue weighted by molar-refractivity contribution is 6.25. The van der Waals surface area contributed by atoms with Crippen LogP contribution in [-0.4, -0.2) is 18.8 Å². The molecule has 0 bridgehead atoms. The molecule has 2 nitrogen and oxygen atoms in total. The number of allylic oxidation sites excluding steroid dienone is 1. The van der Waals surface area contributed by atoms with Gasteiger partial charge in [0.05, 0.1) is 6.61 Å². The van der Waals surface area contributed by atoms with E-state index in [0.717, 1.165) is 57.4 Å². The Kier molecular flexibility index (Phi) is 9.05. The minimum atomic E-state index is -4.18. The largest absolute Gasteiger partial charge is 0.463 e. The molecule has 0 saturated heterocycles. The number of carbonyl (C=O) groups is 1. The average Bonchev–Trinajstić information content (AvgIpc) is 3.38. The van der Waals surface area contributed by atoms with Gasteiger partial charge in [-0.15, -0.1) is 0 Å². The standard InChI is InChI=1S/C47H45F3O2/c1-7-42(51)52-24-9-8-22-46(29(2)3)40-25-30(11-10-23-47(48,49)50)12-18-37(40)38-20-16-32(28-41(38)46)36-19-15-31-13-14-33-26-35(45(4,5)6)27-34-17-21-39(36)44(31)43(33)34/h7,12-21,25-28H,1-2,8-11,22-24H2,3-6H3. The molecule has 0 saturated carbocycles. The first-order valence-electron chi connectivity index (χ1n) is 18.2. The fourth-order valence-electron chi connectivity index (χ4n) is 8.44. The van der Waals surface area contributed by atoms with E-state index in [-0.39, 0.29) is 18.4 Å². The lowest BCUT2D eigenvalue weighted by Gasteiger charge is -2.34. The summed E-state index contributed by atoms with van der Waals surface area (Å²) in [5, 5.41) is 7.44. The average molecular weight is 699 g/mol. The summed E-state index contributed by atoms with van der Waals surface area (Å²) in [6.45, 7) is 17.1. The van der Waals surface area contributed by atoms with Crippen molar-refractivity contribution in [2.45, 2.75) is 83.2 Å². The van der Waals surface area contributed by atoms with Crippen LogP contribution in [0.3, 0.4) is 0 Å². The lowest BCUT2D eigenvalue weighted by Crippen LogP contribution is -2.27. The van der Waals surface area contributed by atoms with Crippen LogP contribution in [0.4, 0.5) is 13.2 Å². The SMILES string of the molecule is C=CC(=O)OCCCCC1(C(=C)C)c2cc(CCCC(F)(F)F)ccc2-c2ccc(-c3ccc4ccc5cc(C(C)(C)C)cc6ccc3c4c56)cc21. The number of alkyl halides is 3. The highest BCUT2D eigenvalue weighted by atomic mass is 19.4. The minimum Gasteiger partial charge on any atom is -0.463 e. The van der Waals surface area contributed by atoms with Crippen LogP contribution in [0.1, 0.15) is 82.1 Å². The molecule has 1 aliphatic rings. The van der Waals surface area contributed by atoms with Crippen molar-refractivity contribution in [1.82, 2.24) is 0 Å². The molecule has 1 aliphatic carbocycles. The van der Waals surface area contributed by atoms with Gasteiger partial charge in [-0.05, 0) is 127 Å². The Balaban J connectivity index is 1.35. The lowest BCUT2D eigenvalue weighted by molar-refractivity contribution is -0.138. The first-order valence-corrected chi connectivity index (χ1v) is 18.2. The van der Waals surface area contributed by atoms with Crippen LogP contribution in [0.2, 0.25) is 0 Å². The number of fused-ring (bicyclic) bond motifs is 3. The Morgan fingerprint density at radius 3 is 2.08 bits per heavy atom. The number of halogens is 3. The number of benzene rings is 6. The highest BCUT2D eigenvalue weighted by Crippen LogP contribution is 2.56. The molecule has 0 heterocycles. The number of hydrogen-bond acceptors (Lipinski definition) is 2. The van der Waals surface area contributed by atoms with Crippen LogP contribution in [0, 0.1) is 0 Å². The van der Waals surface area contributed by atoms with Gasteiger partial charge >= 0.3 is 12.1 Å². The summed E-state index contributed by atoms with van der Waals surface area (Å²) in [6.07, 6.45) is -1.29. The third kappa shape index (κ3) is 6.29. The smallest absolute Gasteiger partial charge is 0.389 e. The summed E-state index contributed by atoms with van der Waals surface area (Å²) in [7, 11) is 0. The van der Waals surface area contributed by atoms with Gasteiger partial charge in [0.25, 0.3) is 0 Å². The number of ether oxygens (including phenoxy) is 1. The summed E-state index contributed by atoms with van der Waals surface area (Å²) < 4.78 is 44.5. The molecule has 266 valence electrons. The molecule has 7 rings (SSSR count). The van der Waals surface area contributed by atoms with Gasteiger partial charge in [0, 0.05) is 17.9 Å². The molecular formula is C47H45F3O2. The van der Waals surface area contributed by atoms with Gasteiger partial charge in [-0.25, -0.2) is 4.79 Å². The molecule has 0 aliphatic heterocycles. The molecule has 5 heteroatoms. The summed E-state index contributed by atoms with van der Waals surface area (Å²) in [5.41, 5.74) is 9.37. The fraction of sp³-hybridized carbons (Fsp3) is 0.298. The minimum absolute atomic E-state index is 0.0350. The predicted octanol–water partition coefficient (Wildman–Crippen LogP) is 13.2. The van der Waals surface area contributed by atoms with Crippen LogP contribution in [0.25, 0.3) is 54.6 Å². The highest BCUT2D eigenvalue weighted by Gasteiger charge is 2.44. The molecule has 0 amide bonds. The van der Waals surface area contributed by atoms with Crippen LogP contribution in [0.15, 0.2) is 110 Å². The van der Waals surface area contributed by atoms with Crippen molar-refractivity contribution >= 4 is 38.3 Å². The van der Waals surface area contributed by atoms with Crippen molar-refractivity contribution in [3.63, 3.8) is 0 Å². The Morgan fingerprint density at radius 2 is 1.40 bits per heavy atom. The van der Waals surface area contributed by atoms with Gasteiger partial charge < -0.3 is 4.74 Å². The van der Waals surface area contributed by atoms with E-state index in [1.165, 1.54) is 44.0 Å². The van der Waals surface area contributed by atoms with E-state index in [9.17, 15) is 18.0 Å². The summed E-state index contributed by atoms with van der Waals surface area (Å²) in [6, 6.07) is 31.0. The quantitative estimate of drug-likeness (QED) is 0.0443.